The number of nitrogens with one attached hydrogen (secondary N) is 1. The Morgan fingerprint density at radius 1 is 1.27 bits per heavy atom. The number of rotatable bonds is 3. The Labute approximate surface area is 89.1 Å². The van der Waals surface area contributed by atoms with Gasteiger partial charge in [-0.25, -0.2) is 4.98 Å². The molecule has 3 rings (SSSR count). The zero-order valence-corrected chi connectivity index (χ0v) is 8.65. The first kappa shape index (κ1) is 9.09. The summed E-state index contributed by atoms with van der Waals surface area (Å²) in [6.45, 7) is 1.97. The fraction of sp³-hybridized carbons (Fsp3) is 0.636. The van der Waals surface area contributed by atoms with Gasteiger partial charge in [-0.05, 0) is 25.8 Å². The zero-order valence-electron chi connectivity index (χ0n) is 8.65. The standard InChI is InChI=1S/C11H15N3O/c1-2-8(1)10-6-13-7-11(14-10)15-9-3-4-12-5-9/h6-9,12H,1-5H2. The Morgan fingerprint density at radius 3 is 2.93 bits per heavy atom. The maximum Gasteiger partial charge on any atom is 0.232 e. The van der Waals surface area contributed by atoms with Crippen LogP contribution in [0.3, 0.4) is 0 Å². The van der Waals surface area contributed by atoms with E-state index >= 15 is 0 Å². The molecule has 80 valence electrons. The second-order valence-corrected chi connectivity index (χ2v) is 4.29. The van der Waals surface area contributed by atoms with Gasteiger partial charge in [-0.2, -0.15) is 0 Å². The Bertz CT molecular complexity index is 345. The van der Waals surface area contributed by atoms with Crippen LogP contribution in [-0.4, -0.2) is 29.2 Å². The molecule has 1 aromatic rings. The summed E-state index contributed by atoms with van der Waals surface area (Å²) in [5.41, 5.74) is 1.10. The zero-order chi connectivity index (χ0) is 10.1. The van der Waals surface area contributed by atoms with Gasteiger partial charge in [-0.15, -0.1) is 0 Å². The first-order valence-electron chi connectivity index (χ1n) is 5.61. The minimum absolute atomic E-state index is 0.272. The summed E-state index contributed by atoms with van der Waals surface area (Å²) in [7, 11) is 0. The number of aromatic nitrogens is 2. The lowest BCUT2D eigenvalue weighted by atomic mass is 10.3. The fourth-order valence-corrected chi connectivity index (χ4v) is 1.89. The molecule has 1 aromatic heterocycles. The van der Waals surface area contributed by atoms with E-state index in [1.807, 2.05) is 6.20 Å². The Kier molecular flexibility index (Phi) is 2.29. The van der Waals surface area contributed by atoms with Crippen LogP contribution in [0.2, 0.25) is 0 Å². The first-order valence-corrected chi connectivity index (χ1v) is 5.61. The molecule has 1 atom stereocenters. The highest BCUT2D eigenvalue weighted by Gasteiger charge is 2.26. The lowest BCUT2D eigenvalue weighted by Gasteiger charge is -2.11. The largest absolute Gasteiger partial charge is 0.472 e. The topological polar surface area (TPSA) is 47.0 Å². The second-order valence-electron chi connectivity index (χ2n) is 4.29. The van der Waals surface area contributed by atoms with Crippen LogP contribution in [0.5, 0.6) is 5.88 Å². The Hall–Kier alpha value is -1.16. The van der Waals surface area contributed by atoms with E-state index in [2.05, 4.69) is 15.3 Å². The molecule has 1 aliphatic heterocycles. The fourth-order valence-electron chi connectivity index (χ4n) is 1.89. The van der Waals surface area contributed by atoms with Crippen molar-refractivity contribution in [2.75, 3.05) is 13.1 Å². The minimum atomic E-state index is 0.272. The van der Waals surface area contributed by atoms with Gasteiger partial charge in [0.15, 0.2) is 0 Å². The van der Waals surface area contributed by atoms with Crippen LogP contribution in [0, 0.1) is 0 Å². The summed E-state index contributed by atoms with van der Waals surface area (Å²) in [6.07, 6.45) is 7.41. The third-order valence-electron chi connectivity index (χ3n) is 2.93. The molecule has 1 N–H and O–H groups in total. The van der Waals surface area contributed by atoms with Crippen molar-refractivity contribution >= 4 is 0 Å². The van der Waals surface area contributed by atoms with E-state index in [-0.39, 0.29) is 6.10 Å². The number of hydrogen-bond donors (Lipinski definition) is 1. The molecule has 1 saturated carbocycles. The predicted molar refractivity (Wildman–Crippen MR) is 55.9 cm³/mol. The molecular weight excluding hydrogens is 190 g/mol. The van der Waals surface area contributed by atoms with Crippen LogP contribution in [0.15, 0.2) is 12.4 Å². The highest BCUT2D eigenvalue weighted by Crippen LogP contribution is 2.39. The van der Waals surface area contributed by atoms with Gasteiger partial charge in [0.25, 0.3) is 0 Å². The van der Waals surface area contributed by atoms with Crippen LogP contribution >= 0.6 is 0 Å². The quantitative estimate of drug-likeness (QED) is 0.802. The molecule has 0 spiro atoms. The van der Waals surface area contributed by atoms with E-state index in [1.165, 1.54) is 12.8 Å². The van der Waals surface area contributed by atoms with Gasteiger partial charge < -0.3 is 10.1 Å². The Morgan fingerprint density at radius 2 is 2.20 bits per heavy atom. The molecule has 4 heteroatoms. The number of nitrogens with zero attached hydrogens (tertiary/aromatic N) is 2. The maximum atomic E-state index is 5.76. The van der Waals surface area contributed by atoms with Crippen molar-refractivity contribution in [2.24, 2.45) is 0 Å². The van der Waals surface area contributed by atoms with Gasteiger partial charge >= 0.3 is 0 Å². The second kappa shape index (κ2) is 3.77. The molecule has 0 amide bonds. The maximum absolute atomic E-state index is 5.76. The van der Waals surface area contributed by atoms with E-state index in [4.69, 9.17) is 4.74 Å². The Balaban J connectivity index is 1.70. The van der Waals surface area contributed by atoms with Gasteiger partial charge in [0.05, 0.1) is 11.9 Å². The van der Waals surface area contributed by atoms with Crippen LogP contribution in [0.4, 0.5) is 0 Å². The first-order chi connectivity index (χ1) is 7.42. The predicted octanol–water partition coefficient (Wildman–Crippen LogP) is 1.09. The molecule has 15 heavy (non-hydrogen) atoms. The SMILES string of the molecule is c1ncc(C2CC2)nc1OC1CCNC1. The van der Waals surface area contributed by atoms with Gasteiger partial charge in [0.1, 0.15) is 6.10 Å². The minimum Gasteiger partial charge on any atom is -0.472 e. The van der Waals surface area contributed by atoms with Crippen molar-refractivity contribution < 1.29 is 4.74 Å². The molecule has 0 aromatic carbocycles. The average Bonchev–Trinajstić information content (AvgIpc) is 3.00. The lowest BCUT2D eigenvalue weighted by molar-refractivity contribution is 0.212. The van der Waals surface area contributed by atoms with E-state index in [0.717, 1.165) is 25.2 Å². The summed E-state index contributed by atoms with van der Waals surface area (Å²) in [4.78, 5) is 8.67. The van der Waals surface area contributed by atoms with Crippen molar-refractivity contribution in [2.45, 2.75) is 31.3 Å². The number of hydrogen-bond acceptors (Lipinski definition) is 4. The molecule has 1 saturated heterocycles. The molecule has 1 aliphatic carbocycles. The van der Waals surface area contributed by atoms with Crippen LogP contribution in [0.1, 0.15) is 30.9 Å². The molecule has 0 bridgehead atoms. The van der Waals surface area contributed by atoms with Crippen LogP contribution < -0.4 is 10.1 Å². The molecule has 1 unspecified atom stereocenters. The van der Waals surface area contributed by atoms with Crippen molar-refractivity contribution in [3.63, 3.8) is 0 Å². The summed E-state index contributed by atoms with van der Waals surface area (Å²) in [6, 6.07) is 0. The summed E-state index contributed by atoms with van der Waals surface area (Å²) in [5.74, 6) is 1.33. The van der Waals surface area contributed by atoms with Gasteiger partial charge in [0.2, 0.25) is 5.88 Å². The summed E-state index contributed by atoms with van der Waals surface area (Å²) in [5, 5.41) is 3.27. The van der Waals surface area contributed by atoms with Crippen molar-refractivity contribution in [1.82, 2.24) is 15.3 Å². The third kappa shape index (κ3) is 2.09. The van der Waals surface area contributed by atoms with Crippen molar-refractivity contribution in [3.05, 3.63) is 18.1 Å². The lowest BCUT2D eigenvalue weighted by Crippen LogP contribution is -2.20. The average molecular weight is 205 g/mol. The monoisotopic (exact) mass is 205 g/mol. The third-order valence-corrected chi connectivity index (χ3v) is 2.93. The molecule has 2 aliphatic rings. The van der Waals surface area contributed by atoms with E-state index in [9.17, 15) is 0 Å². The van der Waals surface area contributed by atoms with Crippen LogP contribution in [-0.2, 0) is 0 Å². The molecule has 2 fully saturated rings. The molecule has 0 radical (unpaired) electrons. The number of ether oxygens (including phenoxy) is 1. The van der Waals surface area contributed by atoms with Crippen LogP contribution in [0.25, 0.3) is 0 Å². The normalized spacial score (nSPS) is 25.5. The van der Waals surface area contributed by atoms with E-state index < -0.39 is 0 Å². The summed E-state index contributed by atoms with van der Waals surface area (Å²) < 4.78 is 5.76. The smallest absolute Gasteiger partial charge is 0.232 e. The molecule has 4 nitrogen and oxygen atoms in total. The highest BCUT2D eigenvalue weighted by atomic mass is 16.5. The molecule has 2 heterocycles. The van der Waals surface area contributed by atoms with Gasteiger partial charge in [-0.1, -0.05) is 0 Å². The summed E-state index contributed by atoms with van der Waals surface area (Å²) >= 11 is 0. The highest BCUT2D eigenvalue weighted by molar-refractivity contribution is 5.16. The van der Waals surface area contributed by atoms with Crippen molar-refractivity contribution in [3.8, 4) is 5.88 Å². The van der Waals surface area contributed by atoms with E-state index in [0.29, 0.717) is 11.8 Å². The molecular formula is C11H15N3O. The van der Waals surface area contributed by atoms with E-state index in [1.54, 1.807) is 6.20 Å². The van der Waals surface area contributed by atoms with Gasteiger partial charge in [0, 0.05) is 18.7 Å². The van der Waals surface area contributed by atoms with Crippen molar-refractivity contribution in [1.29, 1.82) is 0 Å². The van der Waals surface area contributed by atoms with Gasteiger partial charge in [-0.3, -0.25) is 4.98 Å².